The normalized spacial score (nSPS) is 10.0. The Balaban J connectivity index is 1.76. The molecule has 0 aromatic heterocycles. The number of rotatable bonds is 7. The van der Waals surface area contributed by atoms with Crippen LogP contribution in [0.4, 0.5) is 4.79 Å². The summed E-state index contributed by atoms with van der Waals surface area (Å²) in [5, 5.41) is 3.25. The van der Waals surface area contributed by atoms with Gasteiger partial charge in [0.15, 0.2) is 0 Å². The summed E-state index contributed by atoms with van der Waals surface area (Å²) in [7, 11) is 0. The van der Waals surface area contributed by atoms with Crippen molar-refractivity contribution in [3.63, 3.8) is 0 Å². The number of hydrogen-bond acceptors (Lipinski definition) is 4. The van der Waals surface area contributed by atoms with Gasteiger partial charge >= 0.3 is 6.09 Å². The molecule has 0 aliphatic heterocycles. The van der Waals surface area contributed by atoms with Gasteiger partial charge in [-0.1, -0.05) is 11.6 Å². The lowest BCUT2D eigenvalue weighted by atomic mass is 10.3. The number of halogens is 1. The van der Waals surface area contributed by atoms with Gasteiger partial charge in [0.2, 0.25) is 0 Å². The molecular weight excluding hydrogens is 318 g/mol. The van der Waals surface area contributed by atoms with Crippen LogP contribution in [-0.2, 0) is 4.74 Å². The summed E-state index contributed by atoms with van der Waals surface area (Å²) in [4.78, 5) is 11.1. The first-order valence-corrected chi connectivity index (χ1v) is 7.62. The molecule has 2 aromatic carbocycles. The molecule has 0 spiro atoms. The zero-order valence-electron chi connectivity index (χ0n) is 12.8. The van der Waals surface area contributed by atoms with E-state index in [0.29, 0.717) is 42.0 Å². The van der Waals surface area contributed by atoms with Crippen LogP contribution in [0, 0.1) is 0 Å². The van der Waals surface area contributed by atoms with E-state index in [1.807, 2.05) is 12.1 Å². The van der Waals surface area contributed by atoms with Gasteiger partial charge in [-0.15, -0.1) is 0 Å². The van der Waals surface area contributed by atoms with E-state index in [4.69, 9.17) is 25.8 Å². The highest BCUT2D eigenvalue weighted by Crippen LogP contribution is 2.24. The summed E-state index contributed by atoms with van der Waals surface area (Å²) in [6.45, 7) is 2.84. The Labute approximate surface area is 140 Å². The molecular formula is C17H18ClNO4. The minimum absolute atomic E-state index is 0.349. The summed E-state index contributed by atoms with van der Waals surface area (Å²) in [6, 6.07) is 14.4. The van der Waals surface area contributed by atoms with Crippen molar-refractivity contribution in [1.82, 2.24) is 5.32 Å². The van der Waals surface area contributed by atoms with Gasteiger partial charge in [-0.3, -0.25) is 0 Å². The average molecular weight is 336 g/mol. The lowest BCUT2D eigenvalue weighted by Gasteiger charge is -2.09. The molecule has 0 bridgehead atoms. The number of ether oxygens (including phenoxy) is 3. The Morgan fingerprint density at radius 2 is 1.57 bits per heavy atom. The molecule has 23 heavy (non-hydrogen) atoms. The third-order valence-corrected chi connectivity index (χ3v) is 3.04. The van der Waals surface area contributed by atoms with Crippen molar-refractivity contribution in [3.8, 4) is 17.2 Å². The van der Waals surface area contributed by atoms with Gasteiger partial charge in [0.05, 0.1) is 13.2 Å². The van der Waals surface area contributed by atoms with Crippen LogP contribution in [-0.4, -0.2) is 25.9 Å². The highest BCUT2D eigenvalue weighted by Gasteiger charge is 2.01. The van der Waals surface area contributed by atoms with Crippen molar-refractivity contribution in [2.45, 2.75) is 6.92 Å². The fourth-order valence-electron chi connectivity index (χ4n) is 1.75. The fourth-order valence-corrected chi connectivity index (χ4v) is 1.87. The molecule has 0 unspecified atom stereocenters. The molecule has 1 amide bonds. The zero-order valence-corrected chi connectivity index (χ0v) is 13.5. The van der Waals surface area contributed by atoms with Gasteiger partial charge in [0, 0.05) is 5.02 Å². The first-order valence-electron chi connectivity index (χ1n) is 7.24. The average Bonchev–Trinajstić information content (AvgIpc) is 2.55. The van der Waals surface area contributed by atoms with Crippen LogP contribution >= 0.6 is 11.6 Å². The van der Waals surface area contributed by atoms with E-state index >= 15 is 0 Å². The Bertz CT molecular complexity index is 613. The summed E-state index contributed by atoms with van der Waals surface area (Å²) in [5.41, 5.74) is 0. The molecule has 6 heteroatoms. The summed E-state index contributed by atoms with van der Waals surface area (Å²) in [5.74, 6) is 2.10. The van der Waals surface area contributed by atoms with E-state index < -0.39 is 6.09 Å². The third kappa shape index (κ3) is 6.08. The predicted octanol–water partition coefficient (Wildman–Crippen LogP) is 4.26. The van der Waals surface area contributed by atoms with Crippen molar-refractivity contribution in [2.75, 3.05) is 19.8 Å². The summed E-state index contributed by atoms with van der Waals surface area (Å²) < 4.78 is 15.9. The predicted molar refractivity (Wildman–Crippen MR) is 88.5 cm³/mol. The monoisotopic (exact) mass is 335 g/mol. The quantitative estimate of drug-likeness (QED) is 0.768. The minimum Gasteiger partial charge on any atom is -0.492 e. The number of hydrogen-bond donors (Lipinski definition) is 1. The van der Waals surface area contributed by atoms with Crippen molar-refractivity contribution in [1.29, 1.82) is 0 Å². The van der Waals surface area contributed by atoms with Crippen LogP contribution < -0.4 is 14.8 Å². The molecule has 0 atom stereocenters. The van der Waals surface area contributed by atoms with Gasteiger partial charge in [-0.2, -0.15) is 0 Å². The van der Waals surface area contributed by atoms with Crippen LogP contribution in [0.1, 0.15) is 6.92 Å². The number of nitrogens with one attached hydrogen (secondary N) is 1. The number of carbonyl (C=O) groups is 1. The summed E-state index contributed by atoms with van der Waals surface area (Å²) >= 11 is 5.83. The van der Waals surface area contributed by atoms with E-state index in [9.17, 15) is 4.79 Å². The third-order valence-electron chi connectivity index (χ3n) is 2.79. The van der Waals surface area contributed by atoms with Crippen LogP contribution in [0.25, 0.3) is 0 Å². The van der Waals surface area contributed by atoms with Crippen molar-refractivity contribution in [2.24, 2.45) is 0 Å². The summed E-state index contributed by atoms with van der Waals surface area (Å²) in [6.07, 6.45) is -0.442. The molecule has 2 aromatic rings. The van der Waals surface area contributed by atoms with E-state index in [2.05, 4.69) is 5.32 Å². The minimum atomic E-state index is -0.442. The highest BCUT2D eigenvalue weighted by atomic mass is 35.5. The number of alkyl carbamates (subject to hydrolysis) is 1. The standard InChI is InChI=1S/C17H18ClNO4/c1-2-21-17(20)19-11-12-22-14-7-9-16(10-8-14)23-15-5-3-13(18)4-6-15/h3-10H,2,11-12H2,1H3,(H,19,20). The second-order valence-corrected chi connectivity index (χ2v) is 4.96. The fraction of sp³-hybridized carbons (Fsp3) is 0.235. The maximum atomic E-state index is 11.1. The molecule has 5 nitrogen and oxygen atoms in total. The van der Waals surface area contributed by atoms with Crippen molar-refractivity contribution < 1.29 is 19.0 Å². The molecule has 0 saturated heterocycles. The maximum Gasteiger partial charge on any atom is 0.407 e. The number of benzene rings is 2. The molecule has 1 N–H and O–H groups in total. The molecule has 0 fully saturated rings. The van der Waals surface area contributed by atoms with Crippen LogP contribution in [0.15, 0.2) is 48.5 Å². The zero-order chi connectivity index (χ0) is 16.5. The molecule has 2 rings (SSSR count). The van der Waals surface area contributed by atoms with Gasteiger partial charge < -0.3 is 19.5 Å². The first-order chi connectivity index (χ1) is 11.2. The van der Waals surface area contributed by atoms with Gasteiger partial charge in [-0.05, 0) is 55.5 Å². The first kappa shape index (κ1) is 17.0. The van der Waals surface area contributed by atoms with Crippen molar-refractivity contribution >= 4 is 17.7 Å². The number of amides is 1. The van der Waals surface area contributed by atoms with Gasteiger partial charge in [0.1, 0.15) is 23.9 Å². The molecule has 0 aliphatic rings. The highest BCUT2D eigenvalue weighted by molar-refractivity contribution is 6.30. The Morgan fingerprint density at radius 3 is 2.17 bits per heavy atom. The molecule has 0 aliphatic carbocycles. The van der Waals surface area contributed by atoms with E-state index in [0.717, 1.165) is 0 Å². The van der Waals surface area contributed by atoms with Gasteiger partial charge in [-0.25, -0.2) is 4.79 Å². The van der Waals surface area contributed by atoms with Crippen LogP contribution in [0.2, 0.25) is 5.02 Å². The van der Waals surface area contributed by atoms with Crippen LogP contribution in [0.3, 0.4) is 0 Å². The molecule has 0 saturated carbocycles. The largest absolute Gasteiger partial charge is 0.492 e. The second-order valence-electron chi connectivity index (χ2n) is 4.52. The molecule has 0 radical (unpaired) electrons. The lowest BCUT2D eigenvalue weighted by molar-refractivity contribution is 0.150. The van der Waals surface area contributed by atoms with E-state index in [1.54, 1.807) is 43.3 Å². The second kappa shape index (κ2) is 8.90. The Morgan fingerprint density at radius 1 is 1.00 bits per heavy atom. The topological polar surface area (TPSA) is 56.8 Å². The smallest absolute Gasteiger partial charge is 0.407 e. The Hall–Kier alpha value is -2.40. The lowest BCUT2D eigenvalue weighted by Crippen LogP contribution is -2.28. The molecule has 0 heterocycles. The van der Waals surface area contributed by atoms with Crippen LogP contribution in [0.5, 0.6) is 17.2 Å². The van der Waals surface area contributed by atoms with E-state index in [-0.39, 0.29) is 0 Å². The van der Waals surface area contributed by atoms with Gasteiger partial charge in [0.25, 0.3) is 0 Å². The van der Waals surface area contributed by atoms with E-state index in [1.165, 1.54) is 0 Å². The SMILES string of the molecule is CCOC(=O)NCCOc1ccc(Oc2ccc(Cl)cc2)cc1. The maximum absolute atomic E-state index is 11.1. The molecule has 122 valence electrons. The van der Waals surface area contributed by atoms with Crippen molar-refractivity contribution in [3.05, 3.63) is 53.6 Å². The number of carbonyl (C=O) groups excluding carboxylic acids is 1. The Kier molecular flexibility index (Phi) is 6.56.